The number of imidazole rings is 1. The van der Waals surface area contributed by atoms with Crippen molar-refractivity contribution in [1.29, 1.82) is 0 Å². The molecule has 1 N–H and O–H groups in total. The van der Waals surface area contributed by atoms with E-state index in [4.69, 9.17) is 0 Å². The number of nitrogens with one attached hydrogen (secondary N) is 1. The van der Waals surface area contributed by atoms with Crippen molar-refractivity contribution >= 4 is 26.8 Å². The van der Waals surface area contributed by atoms with Gasteiger partial charge < -0.3 is 0 Å². The second-order valence-corrected chi connectivity index (χ2v) is 10.1. The lowest BCUT2D eigenvalue weighted by Crippen LogP contribution is -2.09. The number of H-pyrrole nitrogens is 1. The van der Waals surface area contributed by atoms with Crippen molar-refractivity contribution in [2.24, 2.45) is 0 Å². The lowest BCUT2D eigenvalue weighted by atomic mass is 10.1. The Balaban J connectivity index is 1.79. The van der Waals surface area contributed by atoms with Crippen molar-refractivity contribution in [3.05, 3.63) is 66.3 Å². The van der Waals surface area contributed by atoms with Crippen molar-refractivity contribution in [1.82, 2.24) is 24.6 Å². The third-order valence-corrected chi connectivity index (χ3v) is 6.38. The maximum atomic E-state index is 15.2. The van der Waals surface area contributed by atoms with Gasteiger partial charge in [0.25, 0.3) is 0 Å². The van der Waals surface area contributed by atoms with Gasteiger partial charge in [-0.25, -0.2) is 13.8 Å². The predicted octanol–water partition coefficient (Wildman–Crippen LogP) is 7.89. The number of hydrogen-bond donors (Lipinski definition) is 1. The highest BCUT2D eigenvalue weighted by Crippen LogP contribution is 3.02. The van der Waals surface area contributed by atoms with Gasteiger partial charge in [-0.15, -0.1) is 0 Å². The topological polar surface area (TPSA) is 58.9 Å². The van der Waals surface area contributed by atoms with E-state index in [1.807, 2.05) is 0 Å². The van der Waals surface area contributed by atoms with Crippen LogP contribution in [-0.2, 0) is 6.18 Å². The summed E-state index contributed by atoms with van der Waals surface area (Å²) in [5, 5.41) is 5.92. The van der Waals surface area contributed by atoms with Gasteiger partial charge in [-0.3, -0.25) is 14.5 Å². The number of fused-ring (bicyclic) bond motifs is 2. The van der Waals surface area contributed by atoms with Gasteiger partial charge in [0, 0.05) is 17.3 Å². The number of nitrogens with zero attached hydrogens (tertiary/aromatic N) is 4. The smallest absolute Gasteiger partial charge is 0.295 e. The predicted molar refractivity (Wildman–Crippen MR) is 110 cm³/mol. The van der Waals surface area contributed by atoms with Crippen LogP contribution in [0, 0.1) is 11.6 Å². The Kier molecular flexibility index (Phi) is 4.44. The molecule has 0 radical (unpaired) electrons. The minimum atomic E-state index is -10.5. The number of halogens is 10. The van der Waals surface area contributed by atoms with Crippen LogP contribution in [0.4, 0.5) is 41.4 Å². The van der Waals surface area contributed by atoms with Crippen molar-refractivity contribution in [3.8, 4) is 22.5 Å². The number of aromatic amines is 1. The maximum absolute atomic E-state index is 15.2. The molecule has 2 aromatic carbocycles. The average molecular weight is 541 g/mol. The summed E-state index contributed by atoms with van der Waals surface area (Å²) in [5.74, 6) is -3.34. The molecule has 0 saturated heterocycles. The average Bonchev–Trinajstić information content (AvgIpc) is 3.37. The third kappa shape index (κ3) is 3.90. The fourth-order valence-electron chi connectivity index (χ4n) is 3.68. The zero-order valence-corrected chi connectivity index (χ0v) is 17.9. The Morgan fingerprint density at radius 2 is 1.64 bits per heavy atom. The van der Waals surface area contributed by atoms with E-state index in [9.17, 15) is 37.0 Å². The Bertz CT molecular complexity index is 1690. The fourth-order valence-corrected chi connectivity index (χ4v) is 4.47. The Morgan fingerprint density at radius 1 is 0.917 bits per heavy atom. The summed E-state index contributed by atoms with van der Waals surface area (Å²) < 4.78 is 137. The minimum Gasteiger partial charge on any atom is -0.295 e. The first-order chi connectivity index (χ1) is 16.4. The number of hydrogen-bond acceptors (Lipinski definition) is 3. The quantitative estimate of drug-likeness (QED) is 0.236. The summed E-state index contributed by atoms with van der Waals surface area (Å²) in [6.07, 6.45) is -2.57. The van der Waals surface area contributed by atoms with Crippen LogP contribution < -0.4 is 0 Å². The first kappa shape index (κ1) is 23.9. The van der Waals surface area contributed by atoms with Crippen molar-refractivity contribution in [3.63, 3.8) is 0 Å². The molecule has 0 bridgehead atoms. The Labute approximate surface area is 193 Å². The standard InChI is InChI=1S/C20H9F10N5S/c21-12-3-1-9(5-15(12)36(26,27,28,29)30)14-8-35-16(7-31-14)33-19(20(23,24)25)18(35)10-2-4-13-11(17(10)22)6-32-34-13/h1-8H,(H,32,34). The van der Waals surface area contributed by atoms with Crippen LogP contribution >= 0.6 is 10.2 Å². The molecule has 0 saturated carbocycles. The molecule has 0 atom stereocenters. The molecule has 0 aliphatic heterocycles. The molecule has 5 rings (SSSR count). The zero-order valence-electron chi connectivity index (χ0n) is 17.1. The van der Waals surface area contributed by atoms with Gasteiger partial charge in [-0.1, -0.05) is 19.4 Å². The van der Waals surface area contributed by atoms with Crippen LogP contribution in [0.3, 0.4) is 0 Å². The van der Waals surface area contributed by atoms with Crippen LogP contribution in [0.2, 0.25) is 0 Å². The van der Waals surface area contributed by atoms with Gasteiger partial charge in [-0.05, 0) is 30.3 Å². The number of rotatable bonds is 3. The van der Waals surface area contributed by atoms with E-state index in [-0.39, 0.29) is 23.0 Å². The highest BCUT2D eigenvalue weighted by atomic mass is 32.5. The van der Waals surface area contributed by atoms with E-state index in [0.29, 0.717) is 10.5 Å². The van der Waals surface area contributed by atoms with Gasteiger partial charge in [0.1, 0.15) is 16.5 Å². The van der Waals surface area contributed by atoms with Crippen LogP contribution in [0.5, 0.6) is 0 Å². The molecule has 0 aliphatic carbocycles. The van der Waals surface area contributed by atoms with E-state index < -0.39 is 66.8 Å². The van der Waals surface area contributed by atoms with Gasteiger partial charge >= 0.3 is 16.4 Å². The van der Waals surface area contributed by atoms with Crippen LogP contribution in [0.15, 0.2) is 53.8 Å². The zero-order chi connectivity index (χ0) is 26.3. The molecule has 5 nitrogen and oxygen atoms in total. The molecule has 36 heavy (non-hydrogen) atoms. The summed E-state index contributed by atoms with van der Waals surface area (Å²) in [5.41, 5.74) is -4.44. The van der Waals surface area contributed by atoms with Gasteiger partial charge in [0.2, 0.25) is 0 Å². The summed E-state index contributed by atoms with van der Waals surface area (Å²) >= 11 is 0. The molecule has 190 valence electrons. The van der Waals surface area contributed by atoms with E-state index in [1.54, 1.807) is 0 Å². The van der Waals surface area contributed by atoms with Crippen LogP contribution in [-0.4, -0.2) is 24.6 Å². The molecular formula is C20H9F10N5S. The molecule has 0 amide bonds. The molecular weight excluding hydrogens is 532 g/mol. The molecule has 3 aromatic heterocycles. The molecule has 0 spiro atoms. The SMILES string of the molecule is Fc1ccc(-c2cn3c(-c4ccc5[nH]ncc5c4F)c(C(F)(F)F)nc3cn2)cc1S(F)(F)(F)(F)F. The molecule has 0 fully saturated rings. The molecule has 5 aromatic rings. The number of alkyl halides is 3. The van der Waals surface area contributed by atoms with E-state index in [1.165, 1.54) is 6.07 Å². The summed E-state index contributed by atoms with van der Waals surface area (Å²) in [7, 11) is -10.5. The lowest BCUT2D eigenvalue weighted by molar-refractivity contribution is -0.140. The lowest BCUT2D eigenvalue weighted by Gasteiger charge is -2.40. The summed E-state index contributed by atoms with van der Waals surface area (Å²) in [6.45, 7) is 0. The monoisotopic (exact) mass is 541 g/mol. The van der Waals surface area contributed by atoms with E-state index in [0.717, 1.165) is 24.7 Å². The van der Waals surface area contributed by atoms with Crippen LogP contribution in [0.1, 0.15) is 5.69 Å². The Hall–Kier alpha value is -3.82. The summed E-state index contributed by atoms with van der Waals surface area (Å²) in [4.78, 5) is 4.30. The highest BCUT2D eigenvalue weighted by molar-refractivity contribution is 8.45. The minimum absolute atomic E-state index is 0.136. The molecule has 0 unspecified atom stereocenters. The Morgan fingerprint density at radius 3 is 2.31 bits per heavy atom. The van der Waals surface area contributed by atoms with Crippen molar-refractivity contribution in [2.75, 3.05) is 0 Å². The van der Waals surface area contributed by atoms with Crippen molar-refractivity contribution in [2.45, 2.75) is 11.1 Å². The molecule has 0 aliphatic rings. The molecule has 16 heteroatoms. The highest BCUT2D eigenvalue weighted by Gasteiger charge is 2.67. The third-order valence-electron chi connectivity index (χ3n) is 5.23. The summed E-state index contributed by atoms with van der Waals surface area (Å²) in [6, 6.07) is 2.90. The van der Waals surface area contributed by atoms with E-state index >= 15 is 4.39 Å². The number of aromatic nitrogens is 5. The van der Waals surface area contributed by atoms with Crippen LogP contribution in [0.25, 0.3) is 39.1 Å². The second-order valence-electron chi connectivity index (χ2n) is 7.68. The molecule has 3 heterocycles. The number of benzene rings is 2. The maximum Gasteiger partial charge on any atom is 0.435 e. The first-order valence-corrected chi connectivity index (χ1v) is 11.5. The largest absolute Gasteiger partial charge is 0.435 e. The fraction of sp³-hybridized carbons (Fsp3) is 0.0500. The van der Waals surface area contributed by atoms with Gasteiger partial charge in [0.05, 0.1) is 34.7 Å². The van der Waals surface area contributed by atoms with Gasteiger partial charge in [0.15, 0.2) is 11.3 Å². The van der Waals surface area contributed by atoms with Crippen molar-refractivity contribution < 1.29 is 41.4 Å². The second kappa shape index (κ2) is 6.68. The normalized spacial score (nSPS) is 14.8. The van der Waals surface area contributed by atoms with Gasteiger partial charge in [-0.2, -0.15) is 18.3 Å². The first-order valence-electron chi connectivity index (χ1n) is 9.55. The van der Waals surface area contributed by atoms with E-state index in [2.05, 4.69) is 20.2 Å².